The minimum absolute atomic E-state index is 0.339. The fraction of sp³-hybridized carbons (Fsp3) is 0.348. The topological polar surface area (TPSA) is 202 Å². The van der Waals surface area contributed by atoms with Gasteiger partial charge in [-0.1, -0.05) is 6.07 Å². The van der Waals surface area contributed by atoms with Crippen LogP contribution < -0.4 is 10.9 Å². The van der Waals surface area contributed by atoms with Crippen LogP contribution in [0.3, 0.4) is 0 Å². The predicted octanol–water partition coefficient (Wildman–Crippen LogP) is -0.101. The first kappa shape index (κ1) is 35.4. The van der Waals surface area contributed by atoms with E-state index in [1.165, 1.54) is 0 Å². The van der Waals surface area contributed by atoms with Crippen LogP contribution in [0.15, 0.2) is 34.1 Å². The van der Waals surface area contributed by atoms with Gasteiger partial charge in [0.15, 0.2) is 5.78 Å². The van der Waals surface area contributed by atoms with Crippen LogP contribution in [0.2, 0.25) is 0 Å². The number of hydrogen-bond acceptors (Lipinski definition) is 11. The lowest BCUT2D eigenvalue weighted by atomic mass is 9.78. The molecular weight excluding hydrogens is 682 g/mol. The molecule has 0 saturated heterocycles. The molecule has 2 aromatic carbocycles. The van der Waals surface area contributed by atoms with Gasteiger partial charge in [-0.05, 0) is 46.7 Å². The normalized spacial score (nSPS) is 15.1. The summed E-state index contributed by atoms with van der Waals surface area (Å²) in [7, 11) is -15.9. The maximum absolute atomic E-state index is 13.4. The molecule has 23 heteroatoms. The van der Waals surface area contributed by atoms with Gasteiger partial charge in [-0.15, -0.1) is 0 Å². The SMILES string of the molecule is O=C(O)CN(CCCC(=O)c1cc2c(c(S(=O)(=O)C(F)(F)F)c1)COB2O)C(=O)c1cc2c(c(S(=O)(=O)C(F)(F)F)c1)COB2O. The van der Waals surface area contributed by atoms with E-state index in [1.807, 2.05) is 0 Å². The molecule has 4 rings (SSSR count). The van der Waals surface area contributed by atoms with Crippen LogP contribution in [0.5, 0.6) is 0 Å². The molecule has 0 unspecified atom stereocenters. The van der Waals surface area contributed by atoms with Gasteiger partial charge in [0.05, 0.1) is 23.0 Å². The molecule has 0 fully saturated rings. The number of aliphatic carboxylic acids is 1. The Kier molecular flexibility index (Phi) is 9.43. The fourth-order valence-electron chi connectivity index (χ4n) is 4.77. The largest absolute Gasteiger partial charge is 0.501 e. The van der Waals surface area contributed by atoms with Crippen molar-refractivity contribution in [3.8, 4) is 0 Å². The first-order valence-electron chi connectivity index (χ1n) is 12.7. The number of fused-ring (bicyclic) bond motifs is 2. The Labute approximate surface area is 255 Å². The number of carbonyl (C=O) groups is 3. The van der Waals surface area contributed by atoms with Crippen molar-refractivity contribution >= 4 is 62.5 Å². The number of hydrogen-bond donors (Lipinski definition) is 3. The quantitative estimate of drug-likeness (QED) is 0.169. The number of alkyl halides is 6. The molecule has 0 radical (unpaired) electrons. The van der Waals surface area contributed by atoms with Crippen molar-refractivity contribution in [1.29, 1.82) is 0 Å². The molecule has 0 aliphatic carbocycles. The molecule has 13 nitrogen and oxygen atoms in total. The molecule has 1 amide bonds. The number of ketones is 1. The van der Waals surface area contributed by atoms with Crippen molar-refractivity contribution in [1.82, 2.24) is 4.90 Å². The van der Waals surface area contributed by atoms with Gasteiger partial charge in [-0.25, -0.2) is 16.8 Å². The summed E-state index contributed by atoms with van der Waals surface area (Å²) in [5.74, 6) is -3.96. The number of sulfone groups is 2. The Balaban J connectivity index is 1.62. The number of carbonyl (C=O) groups excluding carboxylic acids is 2. The maximum atomic E-state index is 13.4. The summed E-state index contributed by atoms with van der Waals surface area (Å²) >= 11 is 0. The second-order valence-electron chi connectivity index (χ2n) is 9.96. The number of nitrogens with zero attached hydrogens (tertiary/aromatic N) is 1. The van der Waals surface area contributed by atoms with Crippen LogP contribution in [0.4, 0.5) is 26.3 Å². The number of rotatable bonds is 10. The Bertz CT molecular complexity index is 1830. The molecule has 0 bridgehead atoms. The van der Waals surface area contributed by atoms with E-state index in [4.69, 9.17) is 9.31 Å². The average Bonchev–Trinajstić information content (AvgIpc) is 3.51. The van der Waals surface area contributed by atoms with Gasteiger partial charge in [0, 0.05) is 24.1 Å². The fourth-order valence-corrected chi connectivity index (χ4v) is 6.84. The molecule has 0 saturated carbocycles. The van der Waals surface area contributed by atoms with Crippen molar-refractivity contribution < 1.29 is 82.0 Å². The molecule has 46 heavy (non-hydrogen) atoms. The number of benzene rings is 2. The van der Waals surface area contributed by atoms with Crippen molar-refractivity contribution in [2.24, 2.45) is 0 Å². The summed E-state index contributed by atoms with van der Waals surface area (Å²) in [4.78, 5) is 35.4. The van der Waals surface area contributed by atoms with Gasteiger partial charge < -0.3 is 29.4 Å². The summed E-state index contributed by atoms with van der Waals surface area (Å²) in [6.07, 6.45) is -1.07. The van der Waals surface area contributed by atoms with Crippen LogP contribution in [-0.4, -0.2) is 92.9 Å². The third-order valence-electron chi connectivity index (χ3n) is 6.99. The average molecular weight is 701 g/mol. The first-order valence-corrected chi connectivity index (χ1v) is 15.6. The van der Waals surface area contributed by atoms with Crippen LogP contribution in [0.1, 0.15) is 44.7 Å². The number of halogens is 6. The Morgan fingerprint density at radius 1 is 0.783 bits per heavy atom. The second-order valence-corrected chi connectivity index (χ2v) is 13.8. The molecule has 0 spiro atoms. The van der Waals surface area contributed by atoms with E-state index in [9.17, 15) is 72.7 Å². The monoisotopic (exact) mass is 701 g/mol. The van der Waals surface area contributed by atoms with E-state index in [0.717, 1.165) is 12.1 Å². The molecule has 2 heterocycles. The summed E-state index contributed by atoms with van der Waals surface area (Å²) in [6.45, 7) is -3.20. The van der Waals surface area contributed by atoms with Gasteiger partial charge in [0.2, 0.25) is 0 Å². The van der Waals surface area contributed by atoms with Gasteiger partial charge in [-0.3, -0.25) is 14.4 Å². The highest BCUT2D eigenvalue weighted by Gasteiger charge is 2.51. The van der Waals surface area contributed by atoms with E-state index in [0.29, 0.717) is 17.0 Å². The highest BCUT2D eigenvalue weighted by atomic mass is 32.2. The molecule has 0 aromatic heterocycles. The second kappa shape index (κ2) is 12.3. The van der Waals surface area contributed by atoms with Crippen molar-refractivity contribution in [2.45, 2.75) is 46.9 Å². The Morgan fingerprint density at radius 3 is 1.65 bits per heavy atom. The number of amides is 1. The van der Waals surface area contributed by atoms with E-state index in [2.05, 4.69) is 0 Å². The molecule has 2 aromatic rings. The van der Waals surface area contributed by atoms with E-state index >= 15 is 0 Å². The first-order chi connectivity index (χ1) is 21.1. The number of carboxylic acid groups (broad SMARTS) is 1. The Morgan fingerprint density at radius 2 is 1.22 bits per heavy atom. The van der Waals surface area contributed by atoms with E-state index in [1.54, 1.807) is 0 Å². The Hall–Kier alpha value is -3.50. The molecular formula is C23H19B2F6NO12S2. The molecule has 248 valence electrons. The molecule has 0 atom stereocenters. The molecule has 3 N–H and O–H groups in total. The lowest BCUT2D eigenvalue weighted by Crippen LogP contribution is -2.38. The summed E-state index contributed by atoms with van der Waals surface area (Å²) in [5, 5.41) is 29.2. The van der Waals surface area contributed by atoms with Crippen molar-refractivity contribution in [3.05, 3.63) is 46.5 Å². The number of Topliss-reactive ketones (excluding diaryl/α,β-unsaturated/α-hetero) is 1. The van der Waals surface area contributed by atoms with E-state index in [-0.39, 0.29) is 0 Å². The molecule has 2 aliphatic heterocycles. The van der Waals surface area contributed by atoms with Crippen LogP contribution in [0, 0.1) is 0 Å². The van der Waals surface area contributed by atoms with Crippen molar-refractivity contribution in [3.63, 3.8) is 0 Å². The standard InChI is InChI=1S/C23H19B2F6NO12S2/c26-22(27,28)45(39,40)18-6-11(4-15-13(18)9-43-24(15)37)17(33)2-1-3-32(8-20(34)35)21(36)12-5-16-14(10-44-25(16)38)19(7-12)46(41,42)23(29,30)31/h4-7,37-38H,1-3,8-10H2,(H,34,35). The van der Waals surface area contributed by atoms with Gasteiger partial charge >= 0.3 is 31.2 Å². The third-order valence-corrected chi connectivity index (χ3v) is 10.1. The summed E-state index contributed by atoms with van der Waals surface area (Å²) in [5.41, 5.74) is -15.0. The lowest BCUT2D eigenvalue weighted by Gasteiger charge is -2.22. The van der Waals surface area contributed by atoms with Crippen molar-refractivity contribution in [2.75, 3.05) is 13.1 Å². The zero-order chi connectivity index (χ0) is 34.6. The van der Waals surface area contributed by atoms with Gasteiger partial charge in [-0.2, -0.15) is 26.3 Å². The zero-order valence-electron chi connectivity index (χ0n) is 22.8. The highest BCUT2D eigenvalue weighted by Crippen LogP contribution is 2.35. The zero-order valence-corrected chi connectivity index (χ0v) is 24.4. The highest BCUT2D eigenvalue weighted by molar-refractivity contribution is 7.92. The molecule has 2 aliphatic rings. The van der Waals surface area contributed by atoms with E-state index < -0.39 is 145 Å². The van der Waals surface area contributed by atoms with Gasteiger partial charge in [0.1, 0.15) is 6.54 Å². The minimum Gasteiger partial charge on any atom is -0.480 e. The summed E-state index contributed by atoms with van der Waals surface area (Å²) < 4.78 is 138. The van der Waals surface area contributed by atoms with Crippen LogP contribution in [0.25, 0.3) is 0 Å². The number of carboxylic acids is 1. The van der Waals surface area contributed by atoms with Gasteiger partial charge in [0.25, 0.3) is 25.6 Å². The third kappa shape index (κ3) is 6.51. The van der Waals surface area contributed by atoms with Crippen LogP contribution >= 0.6 is 0 Å². The summed E-state index contributed by atoms with van der Waals surface area (Å²) in [6, 6.07) is 2.49. The van der Waals surface area contributed by atoms with Crippen LogP contribution in [-0.2, 0) is 47.0 Å². The predicted molar refractivity (Wildman–Crippen MR) is 141 cm³/mol. The minimum atomic E-state index is -6.08. The smallest absolute Gasteiger partial charge is 0.480 e. The maximum Gasteiger partial charge on any atom is 0.501 e. The lowest BCUT2D eigenvalue weighted by molar-refractivity contribution is -0.137.